The minimum atomic E-state index is -0.217. The molecule has 2 amide bonds. The van der Waals surface area contributed by atoms with Crippen LogP contribution in [0.5, 0.6) is 0 Å². The van der Waals surface area contributed by atoms with E-state index in [0.717, 1.165) is 19.3 Å². The molecule has 0 bridgehead atoms. The Labute approximate surface area is 116 Å². The van der Waals surface area contributed by atoms with Crippen LogP contribution in [0.25, 0.3) is 0 Å². The van der Waals surface area contributed by atoms with Crippen molar-refractivity contribution < 1.29 is 9.59 Å². The number of nitrogens with zero attached hydrogens (tertiary/aromatic N) is 1. The molecule has 1 aliphatic rings. The summed E-state index contributed by atoms with van der Waals surface area (Å²) in [6, 6.07) is 0.216. The van der Waals surface area contributed by atoms with Crippen molar-refractivity contribution in [2.75, 3.05) is 13.6 Å². The van der Waals surface area contributed by atoms with Crippen molar-refractivity contribution in [2.24, 2.45) is 0 Å². The fourth-order valence-electron chi connectivity index (χ4n) is 2.45. The van der Waals surface area contributed by atoms with Crippen LogP contribution >= 0.6 is 0 Å². The molecular formula is C14H27N3O2. The van der Waals surface area contributed by atoms with Crippen LogP contribution < -0.4 is 10.6 Å². The Morgan fingerprint density at radius 3 is 2.74 bits per heavy atom. The Morgan fingerprint density at radius 2 is 2.16 bits per heavy atom. The maximum absolute atomic E-state index is 12.0. The van der Waals surface area contributed by atoms with E-state index < -0.39 is 0 Å². The zero-order valence-corrected chi connectivity index (χ0v) is 12.5. The highest BCUT2D eigenvalue weighted by atomic mass is 16.2. The zero-order valence-electron chi connectivity index (χ0n) is 12.5. The second kappa shape index (κ2) is 7.48. The summed E-state index contributed by atoms with van der Waals surface area (Å²) in [5.41, 5.74) is 0. The number of hydrogen-bond acceptors (Lipinski definition) is 3. The van der Waals surface area contributed by atoms with Gasteiger partial charge in [0.05, 0.1) is 6.04 Å². The lowest BCUT2D eigenvalue weighted by Crippen LogP contribution is -2.53. The van der Waals surface area contributed by atoms with Crippen LogP contribution in [-0.2, 0) is 9.59 Å². The fraction of sp³-hybridized carbons (Fsp3) is 0.857. The van der Waals surface area contributed by atoms with Crippen molar-refractivity contribution in [3.8, 4) is 0 Å². The van der Waals surface area contributed by atoms with E-state index in [1.165, 1.54) is 0 Å². The summed E-state index contributed by atoms with van der Waals surface area (Å²) in [5.74, 6) is 0.229. The normalized spacial score (nSPS) is 23.1. The predicted octanol–water partition coefficient (Wildman–Crippen LogP) is 0.890. The van der Waals surface area contributed by atoms with Crippen LogP contribution in [0.2, 0.25) is 0 Å². The number of carbonyl (C=O) groups excluding carboxylic acids is 2. The van der Waals surface area contributed by atoms with Crippen LogP contribution in [0.1, 0.15) is 46.5 Å². The lowest BCUT2D eigenvalue weighted by atomic mass is 10.0. The maximum atomic E-state index is 12.0. The van der Waals surface area contributed by atoms with Crippen LogP contribution in [-0.4, -0.2) is 48.4 Å². The molecule has 0 radical (unpaired) electrons. The molecule has 0 aliphatic carbocycles. The van der Waals surface area contributed by atoms with E-state index in [1.54, 1.807) is 4.90 Å². The van der Waals surface area contributed by atoms with Crippen molar-refractivity contribution in [1.29, 1.82) is 0 Å². The van der Waals surface area contributed by atoms with E-state index in [4.69, 9.17) is 0 Å². The van der Waals surface area contributed by atoms with E-state index >= 15 is 0 Å². The average molecular weight is 269 g/mol. The Bertz CT molecular complexity index is 320. The molecule has 5 nitrogen and oxygen atoms in total. The third-order valence-corrected chi connectivity index (χ3v) is 3.62. The molecule has 110 valence electrons. The summed E-state index contributed by atoms with van der Waals surface area (Å²) in [6.07, 6.45) is 3.44. The number of rotatable bonds is 6. The summed E-state index contributed by atoms with van der Waals surface area (Å²) in [4.78, 5) is 25.1. The van der Waals surface area contributed by atoms with Gasteiger partial charge in [0.15, 0.2) is 0 Å². The molecular weight excluding hydrogens is 242 g/mol. The number of nitrogens with one attached hydrogen (secondary N) is 2. The van der Waals surface area contributed by atoms with Crippen molar-refractivity contribution >= 4 is 11.8 Å². The smallest absolute Gasteiger partial charge is 0.237 e. The van der Waals surface area contributed by atoms with Gasteiger partial charge in [-0.05, 0) is 26.7 Å². The van der Waals surface area contributed by atoms with Crippen LogP contribution in [0.3, 0.4) is 0 Å². The Balaban J connectivity index is 2.35. The highest BCUT2D eigenvalue weighted by Gasteiger charge is 2.25. The summed E-state index contributed by atoms with van der Waals surface area (Å²) in [7, 11) is 1.81. The van der Waals surface area contributed by atoms with Gasteiger partial charge in [-0.25, -0.2) is 0 Å². The molecule has 1 fully saturated rings. The number of piperidine rings is 1. The van der Waals surface area contributed by atoms with Crippen molar-refractivity contribution in [3.05, 3.63) is 0 Å². The molecule has 3 atom stereocenters. The molecule has 1 heterocycles. The average Bonchev–Trinajstić information content (AvgIpc) is 2.34. The third-order valence-electron chi connectivity index (χ3n) is 3.62. The number of amides is 2. The third kappa shape index (κ3) is 5.19. The highest BCUT2D eigenvalue weighted by molar-refractivity contribution is 5.81. The predicted molar refractivity (Wildman–Crippen MR) is 75.8 cm³/mol. The van der Waals surface area contributed by atoms with Gasteiger partial charge in [-0.2, -0.15) is 0 Å². The molecule has 0 spiro atoms. The summed E-state index contributed by atoms with van der Waals surface area (Å²) < 4.78 is 0. The van der Waals surface area contributed by atoms with Gasteiger partial charge in [-0.1, -0.05) is 13.3 Å². The molecule has 0 aromatic carbocycles. The van der Waals surface area contributed by atoms with Crippen LogP contribution in [0.15, 0.2) is 0 Å². The first-order valence-corrected chi connectivity index (χ1v) is 7.24. The van der Waals surface area contributed by atoms with Crippen LogP contribution in [0, 0.1) is 0 Å². The quantitative estimate of drug-likeness (QED) is 0.753. The topological polar surface area (TPSA) is 61.4 Å². The standard InChI is InChI=1S/C14H27N3O2/c1-5-6-10(2)15-14(19)11(3)16-12-7-8-13(18)17(4)9-12/h10-12,16H,5-9H2,1-4H3,(H,15,19). The number of likely N-dealkylation sites (tertiary alicyclic amines) is 1. The number of hydrogen-bond donors (Lipinski definition) is 2. The molecule has 0 aromatic rings. The van der Waals surface area contributed by atoms with Gasteiger partial charge in [-0.3, -0.25) is 9.59 Å². The van der Waals surface area contributed by atoms with E-state index in [0.29, 0.717) is 13.0 Å². The molecule has 1 rings (SSSR count). The molecule has 3 unspecified atom stereocenters. The first-order valence-electron chi connectivity index (χ1n) is 7.24. The Hall–Kier alpha value is -1.10. The molecule has 2 N–H and O–H groups in total. The van der Waals surface area contributed by atoms with Gasteiger partial charge < -0.3 is 15.5 Å². The minimum Gasteiger partial charge on any atom is -0.352 e. The number of likely N-dealkylation sites (N-methyl/N-ethyl adjacent to an activating group) is 1. The summed E-state index contributed by atoms with van der Waals surface area (Å²) >= 11 is 0. The molecule has 1 aliphatic heterocycles. The zero-order chi connectivity index (χ0) is 14.4. The molecule has 19 heavy (non-hydrogen) atoms. The summed E-state index contributed by atoms with van der Waals surface area (Å²) in [6.45, 7) is 6.70. The minimum absolute atomic E-state index is 0.0421. The monoisotopic (exact) mass is 269 g/mol. The molecule has 0 saturated carbocycles. The first-order chi connectivity index (χ1) is 8.93. The van der Waals surface area contributed by atoms with Gasteiger partial charge in [-0.15, -0.1) is 0 Å². The molecule has 0 aromatic heterocycles. The van der Waals surface area contributed by atoms with Gasteiger partial charge in [0.25, 0.3) is 0 Å². The van der Waals surface area contributed by atoms with Gasteiger partial charge >= 0.3 is 0 Å². The Kier molecular flexibility index (Phi) is 6.28. The van der Waals surface area contributed by atoms with Gasteiger partial charge in [0, 0.05) is 32.1 Å². The first kappa shape index (κ1) is 16.0. The lowest BCUT2D eigenvalue weighted by molar-refractivity contribution is -0.132. The largest absolute Gasteiger partial charge is 0.352 e. The second-order valence-electron chi connectivity index (χ2n) is 5.60. The second-order valence-corrected chi connectivity index (χ2v) is 5.60. The van der Waals surface area contributed by atoms with Gasteiger partial charge in [0.2, 0.25) is 11.8 Å². The lowest BCUT2D eigenvalue weighted by Gasteiger charge is -2.32. The van der Waals surface area contributed by atoms with Crippen molar-refractivity contribution in [2.45, 2.75) is 64.6 Å². The molecule has 5 heteroatoms. The highest BCUT2D eigenvalue weighted by Crippen LogP contribution is 2.10. The molecule has 1 saturated heterocycles. The fourth-order valence-corrected chi connectivity index (χ4v) is 2.45. The Morgan fingerprint density at radius 1 is 1.47 bits per heavy atom. The van der Waals surface area contributed by atoms with Crippen molar-refractivity contribution in [1.82, 2.24) is 15.5 Å². The number of carbonyl (C=O) groups is 2. The van der Waals surface area contributed by atoms with E-state index in [9.17, 15) is 9.59 Å². The van der Waals surface area contributed by atoms with E-state index in [-0.39, 0.29) is 29.9 Å². The van der Waals surface area contributed by atoms with E-state index in [1.807, 2.05) is 20.9 Å². The van der Waals surface area contributed by atoms with E-state index in [2.05, 4.69) is 17.6 Å². The SMILES string of the molecule is CCCC(C)NC(=O)C(C)NC1CCC(=O)N(C)C1. The summed E-state index contributed by atoms with van der Waals surface area (Å²) in [5, 5.41) is 6.32. The maximum Gasteiger partial charge on any atom is 0.237 e. The van der Waals surface area contributed by atoms with Crippen LogP contribution in [0.4, 0.5) is 0 Å². The van der Waals surface area contributed by atoms with Gasteiger partial charge in [0.1, 0.15) is 0 Å². The van der Waals surface area contributed by atoms with Crippen molar-refractivity contribution in [3.63, 3.8) is 0 Å².